The molecule has 0 spiro atoms. The molecule has 0 aliphatic carbocycles. The van der Waals surface area contributed by atoms with E-state index in [1.54, 1.807) is 0 Å². The molecule has 2 aromatic rings. The largest absolute Gasteiger partial charge is 0.338 e. The number of nitrogens with zero attached hydrogens (tertiary/aromatic N) is 2. The Bertz CT molecular complexity index is 604. The van der Waals surface area contributed by atoms with Crippen molar-refractivity contribution in [2.24, 2.45) is 5.92 Å². The van der Waals surface area contributed by atoms with Gasteiger partial charge in [0.15, 0.2) is 0 Å². The van der Waals surface area contributed by atoms with Gasteiger partial charge in [0.2, 0.25) is 0 Å². The van der Waals surface area contributed by atoms with Crippen LogP contribution in [0, 0.1) is 12.8 Å². The predicted molar refractivity (Wildman–Crippen MR) is 88.6 cm³/mol. The molecule has 0 unspecified atom stereocenters. The Balaban J connectivity index is 1.94. The van der Waals surface area contributed by atoms with Crippen LogP contribution in [0.15, 0.2) is 36.5 Å². The third-order valence-corrected chi connectivity index (χ3v) is 3.38. The van der Waals surface area contributed by atoms with Crippen LogP contribution in [0.25, 0.3) is 11.4 Å². The summed E-state index contributed by atoms with van der Waals surface area (Å²) >= 11 is 0. The van der Waals surface area contributed by atoms with Crippen molar-refractivity contribution in [2.45, 2.75) is 27.3 Å². The molecule has 0 atom stereocenters. The Hall–Kier alpha value is -2.30. The van der Waals surface area contributed by atoms with E-state index < -0.39 is 0 Å². The summed E-state index contributed by atoms with van der Waals surface area (Å²) in [4.78, 5) is 16.1. The van der Waals surface area contributed by atoms with Crippen molar-refractivity contribution in [3.8, 4) is 11.4 Å². The van der Waals surface area contributed by atoms with Gasteiger partial charge >= 0.3 is 6.03 Å². The lowest BCUT2D eigenvalue weighted by atomic mass is 10.2. The summed E-state index contributed by atoms with van der Waals surface area (Å²) in [6.07, 6.45) is 1.86. The minimum Gasteiger partial charge on any atom is -0.338 e. The van der Waals surface area contributed by atoms with E-state index in [0.717, 1.165) is 17.1 Å². The van der Waals surface area contributed by atoms with E-state index in [-0.39, 0.29) is 6.03 Å². The Kier molecular flexibility index (Phi) is 5.58. The van der Waals surface area contributed by atoms with E-state index in [4.69, 9.17) is 0 Å². The molecule has 118 valence electrons. The fourth-order valence-electron chi connectivity index (χ4n) is 2.20. The van der Waals surface area contributed by atoms with Crippen LogP contribution in [-0.2, 0) is 6.54 Å². The zero-order chi connectivity index (χ0) is 15.9. The molecule has 1 heterocycles. The maximum atomic E-state index is 11.7. The summed E-state index contributed by atoms with van der Waals surface area (Å²) in [6, 6.07) is 9.96. The third kappa shape index (κ3) is 4.35. The highest BCUT2D eigenvalue weighted by Crippen LogP contribution is 2.18. The number of imidazole rings is 1. The van der Waals surface area contributed by atoms with E-state index in [1.165, 1.54) is 0 Å². The number of aryl methyl sites for hydroxylation is 1. The predicted octanol–water partition coefficient (Wildman–Crippen LogP) is 2.81. The highest BCUT2D eigenvalue weighted by molar-refractivity contribution is 5.73. The van der Waals surface area contributed by atoms with E-state index >= 15 is 0 Å². The van der Waals surface area contributed by atoms with Crippen molar-refractivity contribution >= 4 is 6.03 Å². The highest BCUT2D eigenvalue weighted by Gasteiger charge is 2.09. The summed E-state index contributed by atoms with van der Waals surface area (Å²) < 4.78 is 2.12. The number of hydrogen-bond acceptors (Lipinski definition) is 2. The van der Waals surface area contributed by atoms with Gasteiger partial charge in [-0.3, -0.25) is 0 Å². The molecule has 2 rings (SSSR count). The van der Waals surface area contributed by atoms with Crippen LogP contribution in [0.3, 0.4) is 0 Å². The van der Waals surface area contributed by atoms with E-state index in [9.17, 15) is 4.79 Å². The normalized spacial score (nSPS) is 10.7. The zero-order valence-corrected chi connectivity index (χ0v) is 13.5. The molecular formula is C17H24N4O. The van der Waals surface area contributed by atoms with Crippen molar-refractivity contribution in [3.05, 3.63) is 42.2 Å². The summed E-state index contributed by atoms with van der Waals surface area (Å²) in [5.41, 5.74) is 2.17. The number of hydrogen-bond donors (Lipinski definition) is 2. The maximum Gasteiger partial charge on any atom is 0.314 e. The van der Waals surface area contributed by atoms with Crippen LogP contribution in [0.4, 0.5) is 4.79 Å². The lowest BCUT2D eigenvalue weighted by Gasteiger charge is -2.12. The number of nitrogens with one attached hydrogen (secondary N) is 2. The molecule has 0 saturated carbocycles. The summed E-state index contributed by atoms with van der Waals surface area (Å²) in [5.74, 6) is 1.38. The van der Waals surface area contributed by atoms with Gasteiger partial charge in [-0.05, 0) is 12.8 Å². The Morgan fingerprint density at radius 3 is 2.64 bits per heavy atom. The van der Waals surface area contributed by atoms with Gasteiger partial charge in [-0.25, -0.2) is 9.78 Å². The first kappa shape index (κ1) is 16.1. The topological polar surface area (TPSA) is 59.0 Å². The number of carbonyl (C=O) groups is 1. The number of carbonyl (C=O) groups excluding carboxylic acids is 1. The smallest absolute Gasteiger partial charge is 0.314 e. The molecule has 0 saturated heterocycles. The first-order chi connectivity index (χ1) is 10.6. The highest BCUT2D eigenvalue weighted by atomic mass is 16.2. The van der Waals surface area contributed by atoms with Crippen LogP contribution in [0.5, 0.6) is 0 Å². The standard InChI is InChI=1S/C17H24N4O/c1-13(2)11-20-17(22)18-9-10-21-14(3)12-19-16(21)15-7-5-4-6-8-15/h4-8,12-13H,9-11H2,1-3H3,(H2,18,20,22). The van der Waals surface area contributed by atoms with Gasteiger partial charge in [-0.15, -0.1) is 0 Å². The Morgan fingerprint density at radius 1 is 1.23 bits per heavy atom. The summed E-state index contributed by atoms with van der Waals surface area (Å²) in [5, 5.41) is 5.73. The van der Waals surface area contributed by atoms with Crippen molar-refractivity contribution in [1.29, 1.82) is 0 Å². The lowest BCUT2D eigenvalue weighted by Crippen LogP contribution is -2.39. The molecule has 0 aliphatic heterocycles. The average molecular weight is 300 g/mol. The maximum absolute atomic E-state index is 11.7. The number of aromatic nitrogens is 2. The van der Waals surface area contributed by atoms with Crippen LogP contribution < -0.4 is 10.6 Å². The summed E-state index contributed by atoms with van der Waals surface area (Å²) in [7, 11) is 0. The Morgan fingerprint density at radius 2 is 1.95 bits per heavy atom. The van der Waals surface area contributed by atoms with Gasteiger partial charge in [0.1, 0.15) is 5.82 Å². The van der Waals surface area contributed by atoms with Gasteiger partial charge in [-0.2, -0.15) is 0 Å². The van der Waals surface area contributed by atoms with Crippen LogP contribution >= 0.6 is 0 Å². The summed E-state index contributed by atoms with van der Waals surface area (Å²) in [6.45, 7) is 8.12. The van der Waals surface area contributed by atoms with Gasteiger partial charge in [0.25, 0.3) is 0 Å². The first-order valence-corrected chi connectivity index (χ1v) is 7.67. The second-order valence-electron chi connectivity index (χ2n) is 5.77. The molecule has 1 aromatic heterocycles. The average Bonchev–Trinajstić information content (AvgIpc) is 2.87. The van der Waals surface area contributed by atoms with Crippen LogP contribution in [0.1, 0.15) is 19.5 Å². The number of urea groups is 1. The molecule has 5 nitrogen and oxygen atoms in total. The molecular weight excluding hydrogens is 276 g/mol. The Labute approximate surface area is 131 Å². The fraction of sp³-hybridized carbons (Fsp3) is 0.412. The first-order valence-electron chi connectivity index (χ1n) is 7.67. The molecule has 0 aliphatic rings. The minimum atomic E-state index is -0.118. The SMILES string of the molecule is Cc1cnc(-c2ccccc2)n1CCNC(=O)NCC(C)C. The molecule has 0 bridgehead atoms. The molecule has 0 radical (unpaired) electrons. The molecule has 22 heavy (non-hydrogen) atoms. The molecule has 5 heteroatoms. The second kappa shape index (κ2) is 7.64. The second-order valence-corrected chi connectivity index (χ2v) is 5.77. The lowest BCUT2D eigenvalue weighted by molar-refractivity contribution is 0.239. The number of rotatable bonds is 6. The molecule has 2 amide bonds. The van der Waals surface area contributed by atoms with Gasteiger partial charge < -0.3 is 15.2 Å². The number of amides is 2. The van der Waals surface area contributed by atoms with Gasteiger partial charge in [0.05, 0.1) is 0 Å². The van der Waals surface area contributed by atoms with Crippen molar-refractivity contribution in [1.82, 2.24) is 20.2 Å². The van der Waals surface area contributed by atoms with Crippen LogP contribution in [0.2, 0.25) is 0 Å². The molecule has 0 fully saturated rings. The van der Waals surface area contributed by atoms with Crippen molar-refractivity contribution in [2.75, 3.05) is 13.1 Å². The minimum absolute atomic E-state index is 0.118. The quantitative estimate of drug-likeness (QED) is 0.862. The monoisotopic (exact) mass is 300 g/mol. The number of benzene rings is 1. The fourth-order valence-corrected chi connectivity index (χ4v) is 2.20. The molecule has 2 N–H and O–H groups in total. The molecule has 1 aromatic carbocycles. The van der Waals surface area contributed by atoms with Gasteiger partial charge in [0, 0.05) is 37.1 Å². The third-order valence-electron chi connectivity index (χ3n) is 3.38. The zero-order valence-electron chi connectivity index (χ0n) is 13.5. The van der Waals surface area contributed by atoms with Crippen LogP contribution in [-0.4, -0.2) is 28.7 Å². The van der Waals surface area contributed by atoms with Gasteiger partial charge in [-0.1, -0.05) is 44.2 Å². The van der Waals surface area contributed by atoms with Crippen molar-refractivity contribution in [3.63, 3.8) is 0 Å². The van der Waals surface area contributed by atoms with E-state index in [1.807, 2.05) is 43.5 Å². The van der Waals surface area contributed by atoms with E-state index in [2.05, 4.69) is 34.0 Å². The van der Waals surface area contributed by atoms with Crippen molar-refractivity contribution < 1.29 is 4.79 Å². The van der Waals surface area contributed by atoms with E-state index in [0.29, 0.717) is 25.6 Å².